The second kappa shape index (κ2) is 12.1. The molecule has 2 heterocycles. The van der Waals surface area contributed by atoms with Gasteiger partial charge >= 0.3 is 0 Å². The SMILES string of the molecule is CNCC[C@@H](OCc1cccc(CN2CCC(c3ccccc3)(N(C)C)CC2)c1)c1cccs1. The van der Waals surface area contributed by atoms with E-state index in [1.807, 2.05) is 7.05 Å². The number of nitrogens with zero attached hydrogens (tertiary/aromatic N) is 2. The molecule has 34 heavy (non-hydrogen) atoms. The third-order valence-electron chi connectivity index (χ3n) is 7.22. The quantitative estimate of drug-likeness (QED) is 0.385. The molecule has 1 atom stereocenters. The van der Waals surface area contributed by atoms with Crippen molar-refractivity contribution in [3.63, 3.8) is 0 Å². The summed E-state index contributed by atoms with van der Waals surface area (Å²) < 4.78 is 6.37. The van der Waals surface area contributed by atoms with Crippen LogP contribution in [-0.4, -0.2) is 50.6 Å². The Bertz CT molecular complexity index is 982. The highest BCUT2D eigenvalue weighted by molar-refractivity contribution is 7.10. The summed E-state index contributed by atoms with van der Waals surface area (Å²) in [6.45, 7) is 4.82. The van der Waals surface area contributed by atoms with E-state index in [-0.39, 0.29) is 11.6 Å². The van der Waals surface area contributed by atoms with Gasteiger partial charge in [-0.3, -0.25) is 9.80 Å². The van der Waals surface area contributed by atoms with Gasteiger partial charge in [-0.2, -0.15) is 0 Å². The van der Waals surface area contributed by atoms with Gasteiger partial charge in [0.2, 0.25) is 0 Å². The number of hydrogen-bond acceptors (Lipinski definition) is 5. The lowest BCUT2D eigenvalue weighted by Gasteiger charge is -2.46. The van der Waals surface area contributed by atoms with Crippen molar-refractivity contribution in [3.05, 3.63) is 93.7 Å². The van der Waals surface area contributed by atoms with Gasteiger partial charge in [-0.05, 0) is 75.1 Å². The van der Waals surface area contributed by atoms with Gasteiger partial charge < -0.3 is 10.1 Å². The number of piperidine rings is 1. The lowest BCUT2D eigenvalue weighted by atomic mass is 9.79. The number of likely N-dealkylation sites (tertiary alicyclic amines) is 1. The lowest BCUT2D eigenvalue weighted by Crippen LogP contribution is -2.50. The summed E-state index contributed by atoms with van der Waals surface area (Å²) in [5.41, 5.74) is 4.21. The van der Waals surface area contributed by atoms with Crippen molar-refractivity contribution in [1.82, 2.24) is 15.1 Å². The number of benzene rings is 2. The molecule has 0 radical (unpaired) electrons. The number of nitrogens with one attached hydrogen (secondary N) is 1. The standard InChI is InChI=1S/C29H39N3OS/c1-30-17-14-27(28-13-8-20-34-28)33-23-25-10-7-9-24(21-25)22-32-18-15-29(16-19-32,31(2)3)26-11-5-4-6-12-26/h4-13,20-21,27,30H,14-19,22-23H2,1-3H3/t27-/m1/s1. The number of thiophene rings is 1. The predicted molar refractivity (Wildman–Crippen MR) is 143 cm³/mol. The van der Waals surface area contributed by atoms with Gasteiger partial charge in [0, 0.05) is 30.1 Å². The Balaban J connectivity index is 1.35. The summed E-state index contributed by atoms with van der Waals surface area (Å²) in [6.07, 6.45) is 3.44. The van der Waals surface area contributed by atoms with Crippen LogP contribution in [0.25, 0.3) is 0 Å². The minimum Gasteiger partial charge on any atom is -0.368 e. The smallest absolute Gasteiger partial charge is 0.0933 e. The van der Waals surface area contributed by atoms with Crippen molar-refractivity contribution in [2.24, 2.45) is 0 Å². The summed E-state index contributed by atoms with van der Waals surface area (Å²) in [5.74, 6) is 0. The van der Waals surface area contributed by atoms with Crippen LogP contribution in [-0.2, 0) is 23.4 Å². The second-order valence-electron chi connectivity index (χ2n) is 9.60. The lowest BCUT2D eigenvalue weighted by molar-refractivity contribution is 0.0366. The third kappa shape index (κ3) is 6.15. The summed E-state index contributed by atoms with van der Waals surface area (Å²) in [5, 5.41) is 5.38. The Kier molecular flexibility index (Phi) is 8.92. The molecule has 1 N–H and O–H groups in total. The number of hydrogen-bond donors (Lipinski definition) is 1. The highest BCUT2D eigenvalue weighted by Crippen LogP contribution is 2.37. The van der Waals surface area contributed by atoms with Crippen LogP contribution in [0.1, 0.15) is 46.9 Å². The van der Waals surface area contributed by atoms with Crippen molar-refractivity contribution in [1.29, 1.82) is 0 Å². The minimum absolute atomic E-state index is 0.137. The molecule has 0 spiro atoms. The molecule has 0 amide bonds. The Morgan fingerprint density at radius 1 is 1.00 bits per heavy atom. The van der Waals surface area contributed by atoms with Crippen molar-refractivity contribution < 1.29 is 4.74 Å². The van der Waals surface area contributed by atoms with Gasteiger partial charge in [0.05, 0.1) is 12.7 Å². The maximum atomic E-state index is 6.37. The summed E-state index contributed by atoms with van der Waals surface area (Å²) in [4.78, 5) is 6.34. The number of ether oxygens (including phenoxy) is 1. The monoisotopic (exact) mass is 477 g/mol. The fraction of sp³-hybridized carbons (Fsp3) is 0.448. The largest absolute Gasteiger partial charge is 0.368 e. The van der Waals surface area contributed by atoms with E-state index in [0.29, 0.717) is 6.61 Å². The van der Waals surface area contributed by atoms with E-state index in [1.54, 1.807) is 11.3 Å². The van der Waals surface area contributed by atoms with Gasteiger partial charge in [-0.25, -0.2) is 0 Å². The molecular formula is C29H39N3OS. The summed E-state index contributed by atoms with van der Waals surface area (Å²) >= 11 is 1.78. The van der Waals surface area contributed by atoms with E-state index >= 15 is 0 Å². The normalized spacial score (nSPS) is 17.2. The Morgan fingerprint density at radius 2 is 1.76 bits per heavy atom. The maximum Gasteiger partial charge on any atom is 0.0933 e. The Hall–Kier alpha value is -2.02. The second-order valence-corrected chi connectivity index (χ2v) is 10.6. The van der Waals surface area contributed by atoms with Gasteiger partial charge in [0.15, 0.2) is 0 Å². The predicted octanol–water partition coefficient (Wildman–Crippen LogP) is 5.67. The van der Waals surface area contributed by atoms with Gasteiger partial charge in [-0.15, -0.1) is 11.3 Å². The topological polar surface area (TPSA) is 27.7 Å². The molecule has 2 aromatic carbocycles. The van der Waals surface area contributed by atoms with E-state index in [9.17, 15) is 0 Å². The van der Waals surface area contributed by atoms with Crippen molar-refractivity contribution in [2.75, 3.05) is 40.8 Å². The molecule has 3 aromatic rings. The molecule has 1 saturated heterocycles. The zero-order valence-corrected chi connectivity index (χ0v) is 21.7. The average Bonchev–Trinajstić information content (AvgIpc) is 3.40. The van der Waals surface area contributed by atoms with Crippen LogP contribution in [0, 0.1) is 0 Å². The zero-order valence-electron chi connectivity index (χ0n) is 20.9. The molecule has 0 aliphatic carbocycles. The maximum absolute atomic E-state index is 6.37. The highest BCUT2D eigenvalue weighted by Gasteiger charge is 2.37. The molecule has 1 aliphatic rings. The van der Waals surface area contributed by atoms with E-state index in [1.165, 1.54) is 21.6 Å². The van der Waals surface area contributed by atoms with Crippen LogP contribution >= 0.6 is 11.3 Å². The van der Waals surface area contributed by atoms with E-state index in [2.05, 4.69) is 101 Å². The highest BCUT2D eigenvalue weighted by atomic mass is 32.1. The molecule has 0 saturated carbocycles. The van der Waals surface area contributed by atoms with E-state index < -0.39 is 0 Å². The summed E-state index contributed by atoms with van der Waals surface area (Å²) in [7, 11) is 6.45. The first-order chi connectivity index (χ1) is 16.6. The van der Waals surface area contributed by atoms with Crippen LogP contribution in [0.2, 0.25) is 0 Å². The molecule has 4 rings (SSSR count). The van der Waals surface area contributed by atoms with Crippen molar-refractivity contribution in [2.45, 2.75) is 44.1 Å². The molecule has 182 valence electrons. The van der Waals surface area contributed by atoms with Crippen molar-refractivity contribution >= 4 is 11.3 Å². The van der Waals surface area contributed by atoms with Crippen LogP contribution in [0.15, 0.2) is 72.1 Å². The molecule has 1 aromatic heterocycles. The number of rotatable bonds is 11. The molecule has 0 bridgehead atoms. The van der Waals surface area contributed by atoms with Crippen LogP contribution in [0.4, 0.5) is 0 Å². The Labute approximate surface area is 209 Å². The molecule has 0 unspecified atom stereocenters. The van der Waals surface area contributed by atoms with E-state index in [4.69, 9.17) is 4.74 Å². The Morgan fingerprint density at radius 3 is 2.44 bits per heavy atom. The first-order valence-electron chi connectivity index (χ1n) is 12.4. The van der Waals surface area contributed by atoms with Crippen LogP contribution < -0.4 is 5.32 Å². The van der Waals surface area contributed by atoms with Crippen LogP contribution in [0.3, 0.4) is 0 Å². The zero-order chi connectivity index (χ0) is 23.8. The minimum atomic E-state index is 0.137. The molecule has 5 heteroatoms. The third-order valence-corrected chi connectivity index (χ3v) is 8.18. The van der Waals surface area contributed by atoms with Gasteiger partial charge in [-0.1, -0.05) is 60.7 Å². The molecule has 1 fully saturated rings. The first kappa shape index (κ1) is 25.1. The van der Waals surface area contributed by atoms with E-state index in [0.717, 1.165) is 45.4 Å². The molecule has 1 aliphatic heterocycles. The fourth-order valence-electron chi connectivity index (χ4n) is 5.15. The van der Waals surface area contributed by atoms with Crippen molar-refractivity contribution in [3.8, 4) is 0 Å². The molecule has 4 nitrogen and oxygen atoms in total. The van der Waals surface area contributed by atoms with Gasteiger partial charge in [0.1, 0.15) is 0 Å². The van der Waals surface area contributed by atoms with Gasteiger partial charge in [0.25, 0.3) is 0 Å². The molecular weight excluding hydrogens is 438 g/mol. The fourth-order valence-corrected chi connectivity index (χ4v) is 5.96. The summed E-state index contributed by atoms with van der Waals surface area (Å²) in [6, 6.07) is 24.3. The first-order valence-corrected chi connectivity index (χ1v) is 13.3. The van der Waals surface area contributed by atoms with Crippen LogP contribution in [0.5, 0.6) is 0 Å². The average molecular weight is 478 g/mol.